The predicted octanol–water partition coefficient (Wildman–Crippen LogP) is 3.05. The van der Waals surface area contributed by atoms with Gasteiger partial charge in [-0.1, -0.05) is 6.07 Å². The lowest BCUT2D eigenvalue weighted by molar-refractivity contribution is -0.115. The molecule has 0 saturated carbocycles. The van der Waals surface area contributed by atoms with Crippen LogP contribution in [0.5, 0.6) is 0 Å². The molecule has 23 heavy (non-hydrogen) atoms. The molecule has 2 rings (SSSR count). The molecule has 0 aliphatic heterocycles. The average molecular weight is 316 g/mol. The number of benzene rings is 2. The van der Waals surface area contributed by atoms with Gasteiger partial charge in [0.25, 0.3) is 0 Å². The van der Waals surface area contributed by atoms with Gasteiger partial charge in [-0.05, 0) is 42.5 Å². The summed E-state index contributed by atoms with van der Waals surface area (Å²) >= 11 is 0. The third-order valence-corrected chi connectivity index (χ3v) is 3.10. The predicted molar refractivity (Wildman–Crippen MR) is 85.9 cm³/mol. The molecule has 0 saturated heterocycles. The smallest absolute Gasteiger partial charge is 0.337 e. The number of amides is 1. The Morgan fingerprint density at radius 2 is 1.83 bits per heavy atom. The second-order valence-electron chi connectivity index (χ2n) is 4.80. The number of carbonyl (C=O) groups excluding carboxylic acids is 2. The molecule has 0 unspecified atom stereocenters. The highest BCUT2D eigenvalue weighted by Gasteiger charge is 2.05. The maximum Gasteiger partial charge on any atom is 0.337 e. The normalized spacial score (nSPS) is 10.0. The van der Waals surface area contributed by atoms with Crippen molar-refractivity contribution in [1.82, 2.24) is 0 Å². The molecule has 2 aromatic carbocycles. The Morgan fingerprint density at radius 1 is 1.09 bits per heavy atom. The summed E-state index contributed by atoms with van der Waals surface area (Å²) in [5, 5.41) is 5.69. The Bertz CT molecular complexity index is 686. The zero-order chi connectivity index (χ0) is 16.7. The topological polar surface area (TPSA) is 67.4 Å². The van der Waals surface area contributed by atoms with E-state index in [2.05, 4.69) is 15.4 Å². The van der Waals surface area contributed by atoms with Gasteiger partial charge >= 0.3 is 5.97 Å². The highest BCUT2D eigenvalue weighted by Crippen LogP contribution is 2.11. The Balaban J connectivity index is 1.78. The van der Waals surface area contributed by atoms with Crippen molar-refractivity contribution >= 4 is 23.3 Å². The summed E-state index contributed by atoms with van der Waals surface area (Å²) in [6, 6.07) is 12.5. The van der Waals surface area contributed by atoms with Gasteiger partial charge in [-0.2, -0.15) is 0 Å². The van der Waals surface area contributed by atoms with E-state index in [1.807, 2.05) is 0 Å². The zero-order valence-corrected chi connectivity index (χ0v) is 12.6. The van der Waals surface area contributed by atoms with Gasteiger partial charge in [-0.3, -0.25) is 4.79 Å². The summed E-state index contributed by atoms with van der Waals surface area (Å²) in [5.74, 6) is -1.01. The molecule has 0 bridgehead atoms. The van der Waals surface area contributed by atoms with E-state index in [1.165, 1.54) is 25.3 Å². The number of ether oxygens (including phenoxy) is 1. The van der Waals surface area contributed by atoms with E-state index in [0.29, 0.717) is 17.8 Å². The van der Waals surface area contributed by atoms with E-state index < -0.39 is 11.8 Å². The molecule has 2 aromatic rings. The molecule has 5 nitrogen and oxygen atoms in total. The van der Waals surface area contributed by atoms with Crippen LogP contribution in [0.1, 0.15) is 16.8 Å². The summed E-state index contributed by atoms with van der Waals surface area (Å²) < 4.78 is 17.6. The second kappa shape index (κ2) is 7.93. The largest absolute Gasteiger partial charge is 0.465 e. The van der Waals surface area contributed by atoms with Gasteiger partial charge in [0, 0.05) is 24.3 Å². The van der Waals surface area contributed by atoms with Crippen LogP contribution >= 0.6 is 0 Å². The molecule has 0 fully saturated rings. The van der Waals surface area contributed by atoms with Crippen LogP contribution in [-0.2, 0) is 9.53 Å². The maximum absolute atomic E-state index is 13.0. The first-order valence-corrected chi connectivity index (χ1v) is 7.06. The second-order valence-corrected chi connectivity index (χ2v) is 4.80. The number of anilines is 2. The molecule has 0 atom stereocenters. The molecule has 120 valence electrons. The summed E-state index contributed by atoms with van der Waals surface area (Å²) in [6.45, 7) is 0.415. The van der Waals surface area contributed by atoms with Crippen LogP contribution < -0.4 is 10.6 Å². The first kappa shape index (κ1) is 16.5. The lowest BCUT2D eigenvalue weighted by atomic mass is 10.2. The fourth-order valence-electron chi connectivity index (χ4n) is 1.95. The summed E-state index contributed by atoms with van der Waals surface area (Å²) in [5.41, 5.74) is 1.68. The average Bonchev–Trinajstić information content (AvgIpc) is 2.55. The summed E-state index contributed by atoms with van der Waals surface area (Å²) in [4.78, 5) is 23.1. The molecule has 2 N–H and O–H groups in total. The first-order chi connectivity index (χ1) is 11.1. The van der Waals surface area contributed by atoms with Gasteiger partial charge in [-0.25, -0.2) is 9.18 Å². The van der Waals surface area contributed by atoms with Crippen molar-refractivity contribution in [1.29, 1.82) is 0 Å². The van der Waals surface area contributed by atoms with Crippen molar-refractivity contribution in [3.05, 3.63) is 59.9 Å². The fourth-order valence-corrected chi connectivity index (χ4v) is 1.95. The minimum absolute atomic E-state index is 0.214. The monoisotopic (exact) mass is 316 g/mol. The highest BCUT2D eigenvalue weighted by molar-refractivity contribution is 5.91. The number of hydrogen-bond donors (Lipinski definition) is 2. The number of hydrogen-bond acceptors (Lipinski definition) is 4. The van der Waals surface area contributed by atoms with Gasteiger partial charge in [0.05, 0.1) is 12.7 Å². The minimum Gasteiger partial charge on any atom is -0.465 e. The van der Waals surface area contributed by atoms with E-state index in [-0.39, 0.29) is 12.3 Å². The quantitative estimate of drug-likeness (QED) is 0.804. The van der Waals surface area contributed by atoms with Crippen LogP contribution in [0.25, 0.3) is 0 Å². The van der Waals surface area contributed by atoms with Gasteiger partial charge in [0.1, 0.15) is 5.82 Å². The Labute approximate surface area is 133 Å². The van der Waals surface area contributed by atoms with Crippen molar-refractivity contribution in [3.63, 3.8) is 0 Å². The van der Waals surface area contributed by atoms with E-state index in [0.717, 1.165) is 5.69 Å². The zero-order valence-electron chi connectivity index (χ0n) is 12.6. The van der Waals surface area contributed by atoms with Crippen molar-refractivity contribution < 1.29 is 18.7 Å². The molecule has 0 spiro atoms. The molecule has 0 radical (unpaired) electrons. The Morgan fingerprint density at radius 3 is 2.48 bits per heavy atom. The van der Waals surface area contributed by atoms with E-state index in [9.17, 15) is 14.0 Å². The van der Waals surface area contributed by atoms with Crippen LogP contribution in [-0.4, -0.2) is 25.5 Å². The lowest BCUT2D eigenvalue weighted by Gasteiger charge is -2.08. The van der Waals surface area contributed by atoms with Crippen LogP contribution in [0.15, 0.2) is 48.5 Å². The number of rotatable bonds is 6. The molecular formula is C17H17FN2O3. The van der Waals surface area contributed by atoms with Crippen molar-refractivity contribution in [3.8, 4) is 0 Å². The molecule has 0 aliphatic carbocycles. The van der Waals surface area contributed by atoms with Crippen LogP contribution in [0.2, 0.25) is 0 Å². The van der Waals surface area contributed by atoms with Crippen LogP contribution in [0.4, 0.5) is 15.8 Å². The summed E-state index contributed by atoms with van der Waals surface area (Å²) in [7, 11) is 1.33. The van der Waals surface area contributed by atoms with E-state index in [4.69, 9.17) is 0 Å². The van der Waals surface area contributed by atoms with Gasteiger partial charge < -0.3 is 15.4 Å². The number of nitrogens with one attached hydrogen (secondary N) is 2. The van der Waals surface area contributed by atoms with Gasteiger partial charge in [0.15, 0.2) is 0 Å². The van der Waals surface area contributed by atoms with Crippen molar-refractivity contribution in [2.45, 2.75) is 6.42 Å². The SMILES string of the molecule is COC(=O)c1ccc(NCCC(=O)Nc2cccc(F)c2)cc1. The molecule has 0 aromatic heterocycles. The third-order valence-electron chi connectivity index (χ3n) is 3.10. The van der Waals surface area contributed by atoms with Crippen molar-refractivity contribution in [2.75, 3.05) is 24.3 Å². The number of carbonyl (C=O) groups is 2. The Hall–Kier alpha value is -2.89. The standard InChI is InChI=1S/C17H17FN2O3/c1-23-17(22)12-5-7-14(8-6-12)19-10-9-16(21)20-15-4-2-3-13(18)11-15/h2-8,11,19H,9-10H2,1H3,(H,20,21). The first-order valence-electron chi connectivity index (χ1n) is 7.06. The molecular weight excluding hydrogens is 299 g/mol. The number of halogens is 1. The van der Waals surface area contributed by atoms with Gasteiger partial charge in [-0.15, -0.1) is 0 Å². The lowest BCUT2D eigenvalue weighted by Crippen LogP contribution is -2.16. The number of methoxy groups -OCH3 is 1. The van der Waals surface area contributed by atoms with E-state index >= 15 is 0 Å². The van der Waals surface area contributed by atoms with Gasteiger partial charge in [0.2, 0.25) is 5.91 Å². The van der Waals surface area contributed by atoms with Crippen LogP contribution in [0.3, 0.4) is 0 Å². The fraction of sp³-hybridized carbons (Fsp3) is 0.176. The van der Waals surface area contributed by atoms with E-state index in [1.54, 1.807) is 30.3 Å². The highest BCUT2D eigenvalue weighted by atomic mass is 19.1. The third kappa shape index (κ3) is 5.10. The molecule has 0 aliphatic rings. The summed E-state index contributed by atoms with van der Waals surface area (Å²) in [6.07, 6.45) is 0.231. The molecule has 1 amide bonds. The number of esters is 1. The maximum atomic E-state index is 13.0. The minimum atomic E-state index is -0.397. The molecule has 6 heteroatoms. The molecule has 0 heterocycles. The Kier molecular flexibility index (Phi) is 5.68. The van der Waals surface area contributed by atoms with Crippen LogP contribution in [0, 0.1) is 5.82 Å². The van der Waals surface area contributed by atoms with Crippen molar-refractivity contribution in [2.24, 2.45) is 0 Å².